The van der Waals surface area contributed by atoms with Crippen LogP contribution in [0.1, 0.15) is 31.2 Å². The molecule has 0 N–H and O–H groups in total. The zero-order valence-corrected chi connectivity index (χ0v) is 12.0. The second-order valence-electron chi connectivity index (χ2n) is 4.68. The number of rotatable bonds is 4. The molecular formula is C13H20ClN3O. The molecule has 1 aromatic heterocycles. The van der Waals surface area contributed by atoms with Crippen molar-refractivity contribution in [2.24, 2.45) is 0 Å². The highest BCUT2D eigenvalue weighted by atomic mass is 35.5. The summed E-state index contributed by atoms with van der Waals surface area (Å²) in [6, 6.07) is 0. The Kier molecular flexibility index (Phi) is 4.40. The van der Waals surface area contributed by atoms with E-state index in [-0.39, 0.29) is 0 Å². The highest BCUT2D eigenvalue weighted by Gasteiger charge is 2.21. The van der Waals surface area contributed by atoms with Crippen molar-refractivity contribution >= 4 is 17.4 Å². The van der Waals surface area contributed by atoms with Gasteiger partial charge in [-0.1, -0.05) is 11.6 Å². The minimum Gasteiger partial charge on any atom is -0.376 e. The Hall–Kier alpha value is -0.870. The number of anilines is 1. The van der Waals surface area contributed by atoms with E-state index in [0.29, 0.717) is 17.1 Å². The van der Waals surface area contributed by atoms with Crippen molar-refractivity contribution in [3.63, 3.8) is 0 Å². The molecule has 1 aliphatic rings. The van der Waals surface area contributed by atoms with Crippen LogP contribution in [-0.4, -0.2) is 35.8 Å². The van der Waals surface area contributed by atoms with E-state index in [1.54, 1.807) is 0 Å². The maximum Gasteiger partial charge on any atom is 0.137 e. The van der Waals surface area contributed by atoms with Crippen molar-refractivity contribution in [2.45, 2.75) is 39.7 Å². The summed E-state index contributed by atoms with van der Waals surface area (Å²) in [7, 11) is 0. The Balaban J connectivity index is 2.20. The van der Waals surface area contributed by atoms with E-state index < -0.39 is 0 Å². The summed E-state index contributed by atoms with van der Waals surface area (Å²) in [6.07, 6.45) is 2.61. The fourth-order valence-electron chi connectivity index (χ4n) is 2.29. The minimum absolute atomic E-state index is 0.318. The summed E-state index contributed by atoms with van der Waals surface area (Å²) in [5.74, 6) is 1.65. The monoisotopic (exact) mass is 269 g/mol. The lowest BCUT2D eigenvalue weighted by Crippen LogP contribution is -2.33. The van der Waals surface area contributed by atoms with Crippen molar-refractivity contribution in [3.05, 3.63) is 16.5 Å². The standard InChI is InChI=1S/C13H20ClN3O/c1-4-17(8-11-6-5-7-18-11)13-9(2)12(14)15-10(3)16-13/h11H,4-8H2,1-3H3. The molecular weight excluding hydrogens is 250 g/mol. The van der Waals surface area contributed by atoms with E-state index >= 15 is 0 Å². The number of hydrogen-bond donors (Lipinski definition) is 0. The zero-order valence-electron chi connectivity index (χ0n) is 11.2. The number of aryl methyl sites for hydroxylation is 1. The van der Waals surface area contributed by atoms with Gasteiger partial charge in [-0.05, 0) is 33.6 Å². The molecule has 4 nitrogen and oxygen atoms in total. The van der Waals surface area contributed by atoms with Crippen LogP contribution in [0.15, 0.2) is 0 Å². The lowest BCUT2D eigenvalue weighted by atomic mass is 10.2. The average molecular weight is 270 g/mol. The number of ether oxygens (including phenoxy) is 1. The Bertz CT molecular complexity index is 419. The van der Waals surface area contributed by atoms with Gasteiger partial charge < -0.3 is 9.64 Å². The summed E-state index contributed by atoms with van der Waals surface area (Å²) in [6.45, 7) is 8.62. The van der Waals surface area contributed by atoms with E-state index in [9.17, 15) is 0 Å². The lowest BCUT2D eigenvalue weighted by Gasteiger charge is -2.26. The number of hydrogen-bond acceptors (Lipinski definition) is 4. The molecule has 0 saturated carbocycles. The molecule has 5 heteroatoms. The molecule has 1 saturated heterocycles. The van der Waals surface area contributed by atoms with Gasteiger partial charge in [0.25, 0.3) is 0 Å². The first-order chi connectivity index (χ1) is 8.61. The highest BCUT2D eigenvalue weighted by Crippen LogP contribution is 2.24. The van der Waals surface area contributed by atoms with E-state index in [0.717, 1.165) is 43.9 Å². The molecule has 1 unspecified atom stereocenters. The van der Waals surface area contributed by atoms with Crippen LogP contribution in [-0.2, 0) is 4.74 Å². The summed E-state index contributed by atoms with van der Waals surface area (Å²) in [5.41, 5.74) is 0.946. The van der Waals surface area contributed by atoms with Crippen molar-refractivity contribution in [3.8, 4) is 0 Å². The normalized spacial score (nSPS) is 19.2. The highest BCUT2D eigenvalue weighted by molar-refractivity contribution is 6.30. The lowest BCUT2D eigenvalue weighted by molar-refractivity contribution is 0.115. The van der Waals surface area contributed by atoms with E-state index in [1.165, 1.54) is 0 Å². The number of likely N-dealkylation sites (N-methyl/N-ethyl adjacent to an activating group) is 1. The molecule has 0 spiro atoms. The number of halogens is 1. The fourth-order valence-corrected chi connectivity index (χ4v) is 2.49. The van der Waals surface area contributed by atoms with Gasteiger partial charge in [-0.15, -0.1) is 0 Å². The molecule has 1 aliphatic heterocycles. The maximum absolute atomic E-state index is 6.13. The Morgan fingerprint density at radius 1 is 1.39 bits per heavy atom. The van der Waals surface area contributed by atoms with E-state index in [4.69, 9.17) is 16.3 Å². The van der Waals surface area contributed by atoms with Gasteiger partial charge in [-0.25, -0.2) is 9.97 Å². The van der Waals surface area contributed by atoms with Gasteiger partial charge in [0, 0.05) is 25.3 Å². The Morgan fingerprint density at radius 2 is 2.17 bits per heavy atom. The van der Waals surface area contributed by atoms with Gasteiger partial charge in [0.15, 0.2) is 0 Å². The summed E-state index contributed by atoms with van der Waals surface area (Å²) in [4.78, 5) is 10.9. The second kappa shape index (κ2) is 5.85. The predicted octanol–water partition coefficient (Wildman–Crippen LogP) is 2.75. The van der Waals surface area contributed by atoms with Crippen molar-refractivity contribution in [1.82, 2.24) is 9.97 Å². The molecule has 2 rings (SSSR count). The van der Waals surface area contributed by atoms with Crippen LogP contribution >= 0.6 is 11.6 Å². The van der Waals surface area contributed by atoms with Crippen LogP contribution < -0.4 is 4.90 Å². The molecule has 0 bridgehead atoms. The zero-order chi connectivity index (χ0) is 13.1. The Labute approximate surface area is 113 Å². The van der Waals surface area contributed by atoms with Crippen molar-refractivity contribution in [2.75, 3.05) is 24.6 Å². The third-order valence-corrected chi connectivity index (χ3v) is 3.67. The summed E-state index contributed by atoms with van der Waals surface area (Å²) >= 11 is 6.13. The summed E-state index contributed by atoms with van der Waals surface area (Å²) < 4.78 is 5.69. The molecule has 1 fully saturated rings. The SMILES string of the molecule is CCN(CC1CCCO1)c1nc(C)nc(Cl)c1C. The quantitative estimate of drug-likeness (QED) is 0.788. The average Bonchev–Trinajstić information content (AvgIpc) is 2.84. The van der Waals surface area contributed by atoms with Gasteiger partial charge in [-0.2, -0.15) is 0 Å². The molecule has 100 valence electrons. The van der Waals surface area contributed by atoms with Crippen LogP contribution in [0.25, 0.3) is 0 Å². The molecule has 2 heterocycles. The van der Waals surface area contributed by atoms with Gasteiger partial charge in [0.2, 0.25) is 0 Å². The maximum atomic E-state index is 6.13. The molecule has 18 heavy (non-hydrogen) atoms. The molecule has 0 amide bonds. The number of nitrogens with zero attached hydrogens (tertiary/aromatic N) is 3. The van der Waals surface area contributed by atoms with Gasteiger partial charge >= 0.3 is 0 Å². The van der Waals surface area contributed by atoms with Crippen LogP contribution in [0.2, 0.25) is 5.15 Å². The van der Waals surface area contributed by atoms with E-state index in [2.05, 4.69) is 21.8 Å². The Morgan fingerprint density at radius 3 is 2.78 bits per heavy atom. The largest absolute Gasteiger partial charge is 0.376 e. The van der Waals surface area contributed by atoms with E-state index in [1.807, 2.05) is 13.8 Å². The molecule has 0 radical (unpaired) electrons. The van der Waals surface area contributed by atoms with Crippen molar-refractivity contribution < 1.29 is 4.74 Å². The predicted molar refractivity (Wildman–Crippen MR) is 73.4 cm³/mol. The van der Waals surface area contributed by atoms with Gasteiger partial charge in [0.1, 0.15) is 16.8 Å². The topological polar surface area (TPSA) is 38.2 Å². The molecule has 0 aliphatic carbocycles. The summed E-state index contributed by atoms with van der Waals surface area (Å²) in [5, 5.41) is 0.545. The first-order valence-corrected chi connectivity index (χ1v) is 6.87. The molecule has 0 aromatic carbocycles. The van der Waals surface area contributed by atoms with Crippen LogP contribution in [0, 0.1) is 13.8 Å². The third kappa shape index (κ3) is 2.93. The van der Waals surface area contributed by atoms with Gasteiger partial charge in [0.05, 0.1) is 6.10 Å². The van der Waals surface area contributed by atoms with Gasteiger partial charge in [-0.3, -0.25) is 0 Å². The first kappa shape index (κ1) is 13.6. The number of aromatic nitrogens is 2. The van der Waals surface area contributed by atoms with Crippen molar-refractivity contribution in [1.29, 1.82) is 0 Å². The third-order valence-electron chi connectivity index (χ3n) is 3.30. The fraction of sp³-hybridized carbons (Fsp3) is 0.692. The van der Waals surface area contributed by atoms with Crippen LogP contribution in [0.5, 0.6) is 0 Å². The smallest absolute Gasteiger partial charge is 0.137 e. The molecule has 1 aromatic rings. The second-order valence-corrected chi connectivity index (χ2v) is 5.04. The minimum atomic E-state index is 0.318. The van der Waals surface area contributed by atoms with Crippen LogP contribution in [0.4, 0.5) is 5.82 Å². The molecule has 1 atom stereocenters. The first-order valence-electron chi connectivity index (χ1n) is 6.49. The van der Waals surface area contributed by atoms with Crippen LogP contribution in [0.3, 0.4) is 0 Å².